The van der Waals surface area contributed by atoms with Crippen molar-refractivity contribution in [3.63, 3.8) is 0 Å². The molecule has 0 saturated carbocycles. The highest BCUT2D eigenvalue weighted by Crippen LogP contribution is 2.17. The van der Waals surface area contributed by atoms with Crippen molar-refractivity contribution >= 4 is 29.2 Å². The summed E-state index contributed by atoms with van der Waals surface area (Å²) >= 11 is 5.87. The molecule has 0 heterocycles. The van der Waals surface area contributed by atoms with Gasteiger partial charge in [-0.3, -0.25) is 19.7 Å². The molecule has 2 aromatic rings. The summed E-state index contributed by atoms with van der Waals surface area (Å²) in [4.78, 5) is 36.1. The van der Waals surface area contributed by atoms with E-state index in [1.54, 1.807) is 24.3 Å². The summed E-state index contributed by atoms with van der Waals surface area (Å²) in [6, 6.07) is 12.4. The standard InChI is InChI=1S/C18H17ClN2O5/c1-26-17(22)9-10-20(12-13-5-7-15(19)8-6-13)18(23)14-3-2-4-16(11-14)21(24)25/h2-8,11H,9-10,12H2,1H3. The minimum atomic E-state index is -0.561. The molecule has 8 heteroatoms. The largest absolute Gasteiger partial charge is 0.469 e. The number of benzene rings is 2. The number of hydrogen-bond donors (Lipinski definition) is 0. The first kappa shape index (κ1) is 19.4. The summed E-state index contributed by atoms with van der Waals surface area (Å²) in [5.74, 6) is -0.856. The fourth-order valence-electron chi connectivity index (χ4n) is 2.33. The molecular weight excluding hydrogens is 360 g/mol. The van der Waals surface area contributed by atoms with Crippen LogP contribution in [0.2, 0.25) is 5.02 Å². The number of rotatable bonds is 7. The van der Waals surface area contributed by atoms with Crippen LogP contribution in [-0.4, -0.2) is 35.4 Å². The van der Waals surface area contributed by atoms with E-state index >= 15 is 0 Å². The van der Waals surface area contributed by atoms with Gasteiger partial charge in [0.15, 0.2) is 0 Å². The molecule has 0 saturated heterocycles. The van der Waals surface area contributed by atoms with Crippen LogP contribution >= 0.6 is 11.6 Å². The highest BCUT2D eigenvalue weighted by atomic mass is 35.5. The second kappa shape index (κ2) is 8.96. The SMILES string of the molecule is COC(=O)CCN(Cc1ccc(Cl)cc1)C(=O)c1cccc([N+](=O)[O-])c1. The minimum absolute atomic E-state index is 0.0186. The van der Waals surface area contributed by atoms with Gasteiger partial charge in [-0.25, -0.2) is 0 Å². The maximum atomic E-state index is 12.8. The van der Waals surface area contributed by atoms with Gasteiger partial charge in [0.2, 0.25) is 0 Å². The molecule has 0 spiro atoms. The molecule has 0 atom stereocenters. The minimum Gasteiger partial charge on any atom is -0.469 e. The zero-order valence-electron chi connectivity index (χ0n) is 14.1. The molecule has 0 aromatic heterocycles. The third-order valence-corrected chi connectivity index (χ3v) is 3.94. The maximum Gasteiger partial charge on any atom is 0.307 e. The van der Waals surface area contributed by atoms with E-state index < -0.39 is 16.8 Å². The normalized spacial score (nSPS) is 10.2. The van der Waals surface area contributed by atoms with Crippen LogP contribution in [0.25, 0.3) is 0 Å². The topological polar surface area (TPSA) is 89.8 Å². The van der Waals surface area contributed by atoms with Gasteiger partial charge >= 0.3 is 5.97 Å². The third-order valence-electron chi connectivity index (χ3n) is 3.69. The Hall–Kier alpha value is -2.93. The van der Waals surface area contributed by atoms with E-state index in [-0.39, 0.29) is 30.8 Å². The summed E-state index contributed by atoms with van der Waals surface area (Å²) in [5, 5.41) is 11.5. The number of nitro benzene ring substituents is 1. The first-order valence-corrected chi connectivity index (χ1v) is 8.13. The van der Waals surface area contributed by atoms with Crippen LogP contribution in [0, 0.1) is 10.1 Å². The predicted molar refractivity (Wildman–Crippen MR) is 95.9 cm³/mol. The Labute approximate surface area is 155 Å². The lowest BCUT2D eigenvalue weighted by molar-refractivity contribution is -0.384. The number of methoxy groups -OCH3 is 1. The number of carbonyl (C=O) groups is 2. The molecule has 0 N–H and O–H groups in total. The molecule has 0 aliphatic heterocycles. The Kier molecular flexibility index (Phi) is 6.68. The van der Waals surface area contributed by atoms with E-state index in [0.29, 0.717) is 5.02 Å². The highest BCUT2D eigenvalue weighted by Gasteiger charge is 2.19. The maximum absolute atomic E-state index is 12.8. The van der Waals surface area contributed by atoms with Crippen LogP contribution < -0.4 is 0 Å². The second-order valence-electron chi connectivity index (χ2n) is 5.49. The van der Waals surface area contributed by atoms with Crippen LogP contribution in [0.5, 0.6) is 0 Å². The van der Waals surface area contributed by atoms with Crippen molar-refractivity contribution in [2.75, 3.05) is 13.7 Å². The quantitative estimate of drug-likeness (QED) is 0.419. The lowest BCUT2D eigenvalue weighted by atomic mass is 10.1. The lowest BCUT2D eigenvalue weighted by Crippen LogP contribution is -2.32. The van der Waals surface area contributed by atoms with Crippen LogP contribution in [0.4, 0.5) is 5.69 Å². The number of halogens is 1. The number of ether oxygens (including phenoxy) is 1. The van der Waals surface area contributed by atoms with E-state index in [1.165, 1.54) is 36.3 Å². The molecule has 0 radical (unpaired) electrons. The molecule has 26 heavy (non-hydrogen) atoms. The molecule has 0 aliphatic carbocycles. The van der Waals surface area contributed by atoms with Gasteiger partial charge in [-0.2, -0.15) is 0 Å². The highest BCUT2D eigenvalue weighted by molar-refractivity contribution is 6.30. The van der Waals surface area contributed by atoms with Crippen LogP contribution in [-0.2, 0) is 16.1 Å². The van der Waals surface area contributed by atoms with E-state index in [9.17, 15) is 19.7 Å². The van der Waals surface area contributed by atoms with Gasteiger partial charge in [-0.15, -0.1) is 0 Å². The van der Waals surface area contributed by atoms with Crippen molar-refractivity contribution in [2.45, 2.75) is 13.0 Å². The number of carbonyl (C=O) groups excluding carboxylic acids is 2. The van der Waals surface area contributed by atoms with E-state index in [2.05, 4.69) is 4.74 Å². The van der Waals surface area contributed by atoms with Crippen LogP contribution in [0.1, 0.15) is 22.3 Å². The fraction of sp³-hybridized carbons (Fsp3) is 0.222. The molecule has 1 amide bonds. The lowest BCUT2D eigenvalue weighted by Gasteiger charge is -2.22. The zero-order chi connectivity index (χ0) is 19.1. The van der Waals surface area contributed by atoms with E-state index in [0.717, 1.165) is 5.56 Å². The van der Waals surface area contributed by atoms with Gasteiger partial charge in [0.25, 0.3) is 11.6 Å². The van der Waals surface area contributed by atoms with Gasteiger partial charge in [0.1, 0.15) is 0 Å². The second-order valence-corrected chi connectivity index (χ2v) is 5.92. The van der Waals surface area contributed by atoms with Crippen LogP contribution in [0.15, 0.2) is 48.5 Å². The number of hydrogen-bond acceptors (Lipinski definition) is 5. The molecular formula is C18H17ClN2O5. The number of nitrogens with zero attached hydrogens (tertiary/aromatic N) is 2. The van der Waals surface area contributed by atoms with E-state index in [4.69, 9.17) is 11.6 Å². The van der Waals surface area contributed by atoms with Crippen molar-refractivity contribution in [3.05, 3.63) is 74.8 Å². The van der Waals surface area contributed by atoms with Crippen molar-refractivity contribution in [3.8, 4) is 0 Å². The summed E-state index contributed by atoms with van der Waals surface area (Å²) in [6.45, 7) is 0.354. The van der Waals surface area contributed by atoms with Gasteiger partial charge in [-0.05, 0) is 23.8 Å². The molecule has 136 valence electrons. The molecule has 0 unspecified atom stereocenters. The molecule has 2 aromatic carbocycles. The Bertz CT molecular complexity index is 807. The Balaban J connectivity index is 2.24. The molecule has 2 rings (SSSR count). The number of amides is 1. The predicted octanol–water partition coefficient (Wildman–Crippen LogP) is 3.45. The fourth-order valence-corrected chi connectivity index (χ4v) is 2.45. The summed E-state index contributed by atoms with van der Waals surface area (Å²) in [5.41, 5.74) is 0.825. The first-order valence-electron chi connectivity index (χ1n) is 7.75. The van der Waals surface area contributed by atoms with Gasteiger partial charge < -0.3 is 9.64 Å². The van der Waals surface area contributed by atoms with Crippen molar-refractivity contribution in [1.82, 2.24) is 4.90 Å². The smallest absolute Gasteiger partial charge is 0.307 e. The first-order chi connectivity index (χ1) is 12.4. The number of non-ortho nitro benzene ring substituents is 1. The average Bonchev–Trinajstić information content (AvgIpc) is 2.65. The van der Waals surface area contributed by atoms with E-state index in [1.807, 2.05) is 0 Å². The van der Waals surface area contributed by atoms with Crippen molar-refractivity contribution < 1.29 is 19.2 Å². The summed E-state index contributed by atoms with van der Waals surface area (Å²) < 4.78 is 4.62. The Morgan fingerprint density at radius 3 is 2.50 bits per heavy atom. The molecule has 7 nitrogen and oxygen atoms in total. The Morgan fingerprint density at radius 1 is 1.19 bits per heavy atom. The number of nitro groups is 1. The summed E-state index contributed by atoms with van der Waals surface area (Å²) in [6.07, 6.45) is 0.0186. The zero-order valence-corrected chi connectivity index (χ0v) is 14.8. The molecule has 0 fully saturated rings. The Morgan fingerprint density at radius 2 is 1.88 bits per heavy atom. The third kappa shape index (κ3) is 5.29. The number of esters is 1. The van der Waals surface area contributed by atoms with Crippen LogP contribution in [0.3, 0.4) is 0 Å². The average molecular weight is 377 g/mol. The monoisotopic (exact) mass is 376 g/mol. The van der Waals surface area contributed by atoms with Gasteiger partial charge in [0, 0.05) is 35.8 Å². The van der Waals surface area contributed by atoms with Crippen molar-refractivity contribution in [1.29, 1.82) is 0 Å². The summed E-state index contributed by atoms with van der Waals surface area (Å²) in [7, 11) is 1.27. The van der Waals surface area contributed by atoms with Gasteiger partial charge in [0.05, 0.1) is 18.5 Å². The molecule has 0 bridgehead atoms. The molecule has 0 aliphatic rings. The van der Waals surface area contributed by atoms with Crippen molar-refractivity contribution in [2.24, 2.45) is 0 Å². The van der Waals surface area contributed by atoms with Gasteiger partial charge in [-0.1, -0.05) is 29.8 Å².